The first-order valence-electron chi connectivity index (χ1n) is 6.12. The van der Waals surface area contributed by atoms with Crippen molar-refractivity contribution in [2.45, 2.75) is 26.2 Å². The van der Waals surface area contributed by atoms with Gasteiger partial charge in [0.15, 0.2) is 11.6 Å². The van der Waals surface area contributed by atoms with Crippen LogP contribution >= 0.6 is 27.5 Å². The number of unbranched alkanes of at least 4 members (excludes halogenated alkanes) is 1. The van der Waals surface area contributed by atoms with E-state index in [9.17, 15) is 9.59 Å². The topological polar surface area (TPSA) is 34.1 Å². The molecule has 1 rings (SSSR count). The maximum absolute atomic E-state index is 12.0. The molecule has 0 N–H and O–H groups in total. The van der Waals surface area contributed by atoms with Crippen LogP contribution in [0.3, 0.4) is 0 Å². The lowest BCUT2D eigenvalue weighted by Gasteiger charge is -2.03. The minimum atomic E-state index is -0.198. The summed E-state index contributed by atoms with van der Waals surface area (Å²) in [6.45, 7) is 1.42. The fourth-order valence-corrected chi connectivity index (χ4v) is 2.26. The summed E-state index contributed by atoms with van der Waals surface area (Å²) >= 11 is 8.94. The van der Waals surface area contributed by atoms with Gasteiger partial charge in [-0.3, -0.25) is 9.59 Å². The van der Waals surface area contributed by atoms with E-state index in [0.29, 0.717) is 18.7 Å². The first kappa shape index (κ1) is 16.1. The molecule has 0 saturated carbocycles. The minimum absolute atomic E-state index is 0.113. The van der Waals surface area contributed by atoms with E-state index < -0.39 is 0 Å². The van der Waals surface area contributed by atoms with Gasteiger partial charge in [-0.05, 0) is 43.5 Å². The highest BCUT2D eigenvalue weighted by atomic mass is 79.9. The molecule has 0 unspecified atom stereocenters. The zero-order valence-electron chi connectivity index (χ0n) is 10.8. The van der Waals surface area contributed by atoms with E-state index in [1.807, 2.05) is 24.3 Å². The van der Waals surface area contributed by atoms with Crippen molar-refractivity contribution >= 4 is 45.2 Å². The molecule has 0 aliphatic rings. The fraction of sp³-hybridized carbons (Fsp3) is 0.333. The molecular formula is C15H16BrClO2. The average molecular weight is 344 g/mol. The van der Waals surface area contributed by atoms with Crippen LogP contribution in [0.1, 0.15) is 31.7 Å². The normalized spacial score (nSPS) is 11.4. The Labute approximate surface area is 127 Å². The van der Waals surface area contributed by atoms with Crippen LogP contribution < -0.4 is 0 Å². The smallest absolute Gasteiger partial charge is 0.166 e. The molecule has 0 spiro atoms. The van der Waals surface area contributed by atoms with Gasteiger partial charge in [0.25, 0.3) is 0 Å². The zero-order chi connectivity index (χ0) is 14.3. The predicted molar refractivity (Wildman–Crippen MR) is 82.4 cm³/mol. The van der Waals surface area contributed by atoms with E-state index >= 15 is 0 Å². The Morgan fingerprint density at radius 1 is 1.32 bits per heavy atom. The Kier molecular flexibility index (Phi) is 7.03. The van der Waals surface area contributed by atoms with E-state index in [0.717, 1.165) is 16.5 Å². The van der Waals surface area contributed by atoms with Gasteiger partial charge in [-0.1, -0.05) is 28.1 Å². The van der Waals surface area contributed by atoms with Crippen LogP contribution in [0.2, 0.25) is 0 Å². The molecule has 0 aliphatic heterocycles. The molecule has 0 heterocycles. The van der Waals surface area contributed by atoms with Gasteiger partial charge < -0.3 is 0 Å². The highest BCUT2D eigenvalue weighted by Crippen LogP contribution is 2.16. The van der Waals surface area contributed by atoms with Crippen LogP contribution in [0.15, 0.2) is 34.3 Å². The number of alkyl halides is 1. The lowest BCUT2D eigenvalue weighted by Crippen LogP contribution is -2.10. The van der Waals surface area contributed by atoms with Gasteiger partial charge in [0.1, 0.15) is 0 Å². The number of ketones is 2. The molecule has 0 aliphatic carbocycles. The molecule has 1 aromatic rings. The Bertz CT molecular complexity index is 495. The summed E-state index contributed by atoms with van der Waals surface area (Å²) in [6, 6.07) is 7.49. The molecule has 0 bridgehead atoms. The van der Waals surface area contributed by atoms with E-state index in [4.69, 9.17) is 11.6 Å². The van der Waals surface area contributed by atoms with Crippen molar-refractivity contribution in [3.05, 3.63) is 39.9 Å². The number of carbonyl (C=O) groups is 2. The standard InChI is InChI=1S/C15H16BrClO2/c1-11(18)14(15(19)7-2-3-8-17)10-12-5-4-6-13(16)9-12/h4-6,9-10H,2-3,7-8H2,1H3. The molecule has 0 radical (unpaired) electrons. The van der Waals surface area contributed by atoms with Crippen LogP contribution in [-0.4, -0.2) is 17.4 Å². The van der Waals surface area contributed by atoms with E-state index in [2.05, 4.69) is 15.9 Å². The van der Waals surface area contributed by atoms with E-state index in [-0.39, 0.29) is 17.1 Å². The molecule has 102 valence electrons. The molecule has 0 atom stereocenters. The number of Topliss-reactive ketones (excluding diaryl/α,β-unsaturated/α-hetero) is 2. The Morgan fingerprint density at radius 3 is 2.63 bits per heavy atom. The van der Waals surface area contributed by atoms with Gasteiger partial charge in [-0.15, -0.1) is 11.6 Å². The Morgan fingerprint density at radius 2 is 2.05 bits per heavy atom. The van der Waals surface area contributed by atoms with Crippen molar-refractivity contribution in [3.63, 3.8) is 0 Å². The minimum Gasteiger partial charge on any atom is -0.294 e. The molecule has 0 fully saturated rings. The SMILES string of the molecule is CC(=O)C(=Cc1cccc(Br)c1)C(=O)CCCCCl. The summed E-state index contributed by atoms with van der Waals surface area (Å²) in [5.74, 6) is 0.228. The van der Waals surface area contributed by atoms with Crippen LogP contribution in [0.25, 0.3) is 6.08 Å². The summed E-state index contributed by atoms with van der Waals surface area (Å²) in [4.78, 5) is 23.6. The lowest BCUT2D eigenvalue weighted by atomic mass is 10.00. The summed E-state index contributed by atoms with van der Waals surface area (Å²) in [5, 5.41) is 0. The van der Waals surface area contributed by atoms with Crippen LogP contribution in [0.5, 0.6) is 0 Å². The molecular weight excluding hydrogens is 328 g/mol. The van der Waals surface area contributed by atoms with Crippen molar-refractivity contribution in [1.82, 2.24) is 0 Å². The number of halogens is 2. The van der Waals surface area contributed by atoms with Gasteiger partial charge >= 0.3 is 0 Å². The van der Waals surface area contributed by atoms with Crippen molar-refractivity contribution < 1.29 is 9.59 Å². The lowest BCUT2D eigenvalue weighted by molar-refractivity contribution is -0.120. The van der Waals surface area contributed by atoms with Gasteiger partial charge in [0, 0.05) is 16.8 Å². The maximum Gasteiger partial charge on any atom is 0.166 e. The maximum atomic E-state index is 12.0. The summed E-state index contributed by atoms with van der Waals surface area (Å²) < 4.78 is 0.916. The second-order valence-corrected chi connectivity index (χ2v) is 5.53. The molecule has 4 heteroatoms. The molecule has 19 heavy (non-hydrogen) atoms. The van der Waals surface area contributed by atoms with Crippen molar-refractivity contribution in [3.8, 4) is 0 Å². The quantitative estimate of drug-likeness (QED) is 0.242. The van der Waals surface area contributed by atoms with E-state index in [1.165, 1.54) is 6.92 Å². The zero-order valence-corrected chi connectivity index (χ0v) is 13.1. The fourth-order valence-electron chi connectivity index (χ4n) is 1.66. The number of hydrogen-bond donors (Lipinski definition) is 0. The molecule has 1 aromatic carbocycles. The number of rotatable bonds is 7. The Balaban J connectivity index is 2.88. The monoisotopic (exact) mass is 342 g/mol. The number of carbonyl (C=O) groups excluding carboxylic acids is 2. The highest BCUT2D eigenvalue weighted by Gasteiger charge is 2.13. The molecule has 0 saturated heterocycles. The second-order valence-electron chi connectivity index (χ2n) is 4.24. The van der Waals surface area contributed by atoms with Crippen molar-refractivity contribution in [1.29, 1.82) is 0 Å². The largest absolute Gasteiger partial charge is 0.294 e. The average Bonchev–Trinajstić information content (AvgIpc) is 2.36. The third-order valence-electron chi connectivity index (χ3n) is 2.63. The van der Waals surface area contributed by atoms with Crippen molar-refractivity contribution in [2.24, 2.45) is 0 Å². The first-order valence-corrected chi connectivity index (χ1v) is 7.44. The predicted octanol–water partition coefficient (Wildman–Crippen LogP) is 4.40. The number of benzene rings is 1. The third-order valence-corrected chi connectivity index (χ3v) is 3.39. The van der Waals surface area contributed by atoms with Crippen molar-refractivity contribution in [2.75, 3.05) is 5.88 Å². The summed E-state index contributed by atoms with van der Waals surface area (Å²) in [6.07, 6.45) is 3.52. The van der Waals surface area contributed by atoms with Crippen LogP contribution in [0, 0.1) is 0 Å². The van der Waals surface area contributed by atoms with Crippen LogP contribution in [-0.2, 0) is 9.59 Å². The Hall–Kier alpha value is -0.930. The summed E-state index contributed by atoms with van der Waals surface area (Å²) in [7, 11) is 0. The van der Waals surface area contributed by atoms with E-state index in [1.54, 1.807) is 6.08 Å². The van der Waals surface area contributed by atoms with Gasteiger partial charge in [0.2, 0.25) is 0 Å². The van der Waals surface area contributed by atoms with Crippen LogP contribution in [0.4, 0.5) is 0 Å². The second kappa shape index (κ2) is 8.28. The molecule has 0 amide bonds. The number of hydrogen-bond acceptors (Lipinski definition) is 2. The van der Waals surface area contributed by atoms with Gasteiger partial charge in [-0.2, -0.15) is 0 Å². The highest BCUT2D eigenvalue weighted by molar-refractivity contribution is 9.10. The van der Waals surface area contributed by atoms with Gasteiger partial charge in [0.05, 0.1) is 5.57 Å². The molecule has 0 aromatic heterocycles. The first-order chi connectivity index (χ1) is 9.04. The summed E-state index contributed by atoms with van der Waals surface area (Å²) in [5.41, 5.74) is 1.10. The number of allylic oxidation sites excluding steroid dienone is 1. The van der Waals surface area contributed by atoms with Gasteiger partial charge in [-0.25, -0.2) is 0 Å². The molecule has 2 nitrogen and oxygen atoms in total. The third kappa shape index (κ3) is 5.70.